The Morgan fingerprint density at radius 2 is 1.05 bits per heavy atom. The fraction of sp³-hybridized carbons (Fsp3) is 1.00. The molecule has 0 saturated heterocycles. The lowest BCUT2D eigenvalue weighted by Crippen LogP contribution is -2.30. The van der Waals surface area contributed by atoms with Crippen LogP contribution in [0.5, 0.6) is 0 Å². The first kappa shape index (κ1) is 19.2. The summed E-state index contributed by atoms with van der Waals surface area (Å²) in [6, 6.07) is 0. The van der Waals surface area contributed by atoms with Crippen LogP contribution < -0.4 is 5.32 Å². The van der Waals surface area contributed by atoms with Gasteiger partial charge in [-0.25, -0.2) is 0 Å². The first-order valence-electron chi connectivity index (χ1n) is 6.92. The summed E-state index contributed by atoms with van der Waals surface area (Å²) >= 11 is 0. The summed E-state index contributed by atoms with van der Waals surface area (Å²) in [5.41, 5.74) is 1.06. The quantitative estimate of drug-likeness (QED) is 0.433. The number of rotatable bonds is 12. The zero-order valence-electron chi connectivity index (χ0n) is 13.3. The van der Waals surface area contributed by atoms with Gasteiger partial charge >= 0.3 is 18.6 Å². The Morgan fingerprint density at radius 1 is 0.737 bits per heavy atom. The first-order chi connectivity index (χ1) is 9.10. The van der Waals surface area contributed by atoms with Gasteiger partial charge in [0.1, 0.15) is 0 Å². The molecule has 2 unspecified atom stereocenters. The van der Waals surface area contributed by atoms with Gasteiger partial charge in [-0.15, -0.1) is 0 Å². The normalized spacial score (nSPS) is 15.2. The van der Waals surface area contributed by atoms with Crippen LogP contribution in [0.25, 0.3) is 0 Å². The molecule has 19 heavy (non-hydrogen) atoms. The Morgan fingerprint density at radius 3 is 1.32 bits per heavy atom. The smallest absolute Gasteiger partial charge is 0.323 e. The van der Waals surface area contributed by atoms with Crippen LogP contribution >= 0.6 is 0 Å². The van der Waals surface area contributed by atoms with E-state index in [9.17, 15) is 0 Å². The summed E-state index contributed by atoms with van der Waals surface area (Å²) in [5.74, 6) is 0. The van der Waals surface area contributed by atoms with Crippen LogP contribution in [0.1, 0.15) is 26.7 Å². The van der Waals surface area contributed by atoms with Crippen molar-refractivity contribution < 1.29 is 17.7 Å². The Balaban J connectivity index is 3.64. The maximum Gasteiger partial charge on any atom is 0.323 e. The second-order valence-electron chi connectivity index (χ2n) is 4.96. The average Bonchev–Trinajstić information content (AvgIpc) is 2.41. The molecule has 0 aromatic rings. The summed E-state index contributed by atoms with van der Waals surface area (Å²) in [4.78, 5) is 0. The van der Waals surface area contributed by atoms with Crippen LogP contribution in [-0.2, 0) is 17.7 Å². The van der Waals surface area contributed by atoms with Gasteiger partial charge in [-0.2, -0.15) is 0 Å². The largest absolute Gasteiger partial charge is 0.400 e. The van der Waals surface area contributed by atoms with E-state index >= 15 is 0 Å². The van der Waals surface area contributed by atoms with E-state index in [1.54, 1.807) is 28.4 Å². The molecule has 0 amide bonds. The van der Waals surface area contributed by atoms with Gasteiger partial charge in [0.05, 0.1) is 0 Å². The minimum Gasteiger partial charge on any atom is -0.400 e. The summed E-state index contributed by atoms with van der Waals surface area (Å²) in [6.45, 7) is 6.42. The Kier molecular flexibility index (Phi) is 12.2. The van der Waals surface area contributed by atoms with E-state index in [4.69, 9.17) is 17.7 Å². The van der Waals surface area contributed by atoms with Crippen molar-refractivity contribution >= 4 is 18.6 Å². The predicted molar refractivity (Wildman–Crippen MR) is 83.3 cm³/mol. The Labute approximate surface area is 121 Å². The van der Waals surface area contributed by atoms with Crippen LogP contribution in [0, 0.1) is 0 Å². The highest BCUT2D eigenvalue weighted by Crippen LogP contribution is 2.16. The van der Waals surface area contributed by atoms with Crippen LogP contribution in [-0.4, -0.2) is 60.1 Å². The molecule has 2 atom stereocenters. The lowest BCUT2D eigenvalue weighted by atomic mass is 10.3. The second-order valence-corrected chi connectivity index (χ2v) is 10.6. The molecule has 0 saturated carbocycles. The number of hydrogen-bond acceptors (Lipinski definition) is 5. The third-order valence-electron chi connectivity index (χ3n) is 3.41. The minimum absolute atomic E-state index is 0.528. The van der Waals surface area contributed by atoms with E-state index in [0.717, 1.165) is 25.9 Å². The first-order valence-corrected chi connectivity index (χ1v) is 10.1. The van der Waals surface area contributed by atoms with Gasteiger partial charge in [0.15, 0.2) is 0 Å². The Bertz CT molecular complexity index is 184. The zero-order chi connectivity index (χ0) is 14.7. The van der Waals surface area contributed by atoms with Gasteiger partial charge in [0.25, 0.3) is 0 Å². The van der Waals surface area contributed by atoms with Crippen molar-refractivity contribution in [3.63, 3.8) is 0 Å². The highest BCUT2D eigenvalue weighted by atomic mass is 28.3. The molecule has 0 spiro atoms. The van der Waals surface area contributed by atoms with E-state index < -0.39 is 18.6 Å². The van der Waals surface area contributed by atoms with E-state index in [1.807, 2.05) is 0 Å². The molecule has 0 aromatic heterocycles. The SMILES string of the molecule is CO[SiH](OC)C(C)CCNCCC(C)[SiH](OC)OC. The number of nitrogens with one attached hydrogen (secondary N) is 1. The molecular weight excluding hydrogens is 278 g/mol. The lowest BCUT2D eigenvalue weighted by molar-refractivity contribution is 0.263. The minimum atomic E-state index is -1.46. The van der Waals surface area contributed by atoms with Gasteiger partial charge in [-0.05, 0) is 37.0 Å². The molecule has 0 aliphatic rings. The molecule has 0 bridgehead atoms. The standard InChI is InChI=1S/C12H31NO4Si2/c1-11(18(14-3)15-4)7-9-13-10-8-12(2)19(16-5)17-6/h11-13,18-19H,7-10H2,1-6H3. The molecule has 0 aliphatic heterocycles. The molecule has 116 valence electrons. The van der Waals surface area contributed by atoms with Crippen LogP contribution in [0.3, 0.4) is 0 Å². The van der Waals surface area contributed by atoms with Gasteiger partial charge in [0, 0.05) is 28.4 Å². The molecule has 5 nitrogen and oxygen atoms in total. The third-order valence-corrected chi connectivity index (χ3v) is 7.79. The third kappa shape index (κ3) is 8.18. The van der Waals surface area contributed by atoms with Gasteiger partial charge < -0.3 is 23.0 Å². The fourth-order valence-corrected chi connectivity index (χ4v) is 5.30. The van der Waals surface area contributed by atoms with E-state index in [1.165, 1.54) is 0 Å². The molecule has 1 N–H and O–H groups in total. The molecule has 0 fully saturated rings. The summed E-state index contributed by atoms with van der Waals surface area (Å²) in [5, 5.41) is 3.48. The molecule has 7 heteroatoms. The van der Waals surface area contributed by atoms with Crippen molar-refractivity contribution in [1.29, 1.82) is 0 Å². The van der Waals surface area contributed by atoms with Gasteiger partial charge in [0.2, 0.25) is 0 Å². The van der Waals surface area contributed by atoms with E-state index in [0.29, 0.717) is 11.1 Å². The molecule has 0 radical (unpaired) electrons. The maximum absolute atomic E-state index is 5.38. The van der Waals surface area contributed by atoms with E-state index in [-0.39, 0.29) is 0 Å². The topological polar surface area (TPSA) is 49.0 Å². The maximum atomic E-state index is 5.38. The van der Waals surface area contributed by atoms with Crippen molar-refractivity contribution in [2.75, 3.05) is 41.5 Å². The fourth-order valence-electron chi connectivity index (χ4n) is 2.18. The van der Waals surface area contributed by atoms with Crippen molar-refractivity contribution in [3.05, 3.63) is 0 Å². The van der Waals surface area contributed by atoms with Gasteiger partial charge in [-0.1, -0.05) is 13.8 Å². The molecule has 0 rings (SSSR count). The van der Waals surface area contributed by atoms with Crippen LogP contribution in [0.15, 0.2) is 0 Å². The lowest BCUT2D eigenvalue weighted by Gasteiger charge is -2.20. The summed E-state index contributed by atoms with van der Waals surface area (Å²) in [6.07, 6.45) is 2.20. The van der Waals surface area contributed by atoms with E-state index in [2.05, 4.69) is 19.2 Å². The summed E-state index contributed by atoms with van der Waals surface area (Å²) < 4.78 is 21.5. The summed E-state index contributed by atoms with van der Waals surface area (Å²) in [7, 11) is 4.06. The van der Waals surface area contributed by atoms with Crippen LogP contribution in [0.4, 0.5) is 0 Å². The predicted octanol–water partition coefficient (Wildman–Crippen LogP) is 1.16. The average molecular weight is 310 g/mol. The monoisotopic (exact) mass is 309 g/mol. The van der Waals surface area contributed by atoms with Gasteiger partial charge in [-0.3, -0.25) is 0 Å². The molecular formula is C12H31NO4Si2. The highest BCUT2D eigenvalue weighted by molar-refractivity contribution is 6.46. The van der Waals surface area contributed by atoms with Crippen molar-refractivity contribution in [1.82, 2.24) is 5.32 Å². The Hall–Kier alpha value is 0.234. The van der Waals surface area contributed by atoms with Crippen molar-refractivity contribution in [2.45, 2.75) is 37.8 Å². The number of hydrogen-bond donors (Lipinski definition) is 1. The van der Waals surface area contributed by atoms with Crippen molar-refractivity contribution in [3.8, 4) is 0 Å². The highest BCUT2D eigenvalue weighted by Gasteiger charge is 2.20. The van der Waals surface area contributed by atoms with Crippen molar-refractivity contribution in [2.24, 2.45) is 0 Å². The molecule has 0 heterocycles. The van der Waals surface area contributed by atoms with Crippen LogP contribution in [0.2, 0.25) is 11.1 Å². The molecule has 0 aliphatic carbocycles. The zero-order valence-corrected chi connectivity index (χ0v) is 15.6. The second kappa shape index (κ2) is 12.0. The molecule has 0 aromatic carbocycles.